The minimum absolute atomic E-state index is 0.368. The number of hydrogen-bond acceptors (Lipinski definition) is 3. The topological polar surface area (TPSA) is 44.9 Å². The van der Waals surface area contributed by atoms with Gasteiger partial charge in [-0.15, -0.1) is 0 Å². The molecule has 2 aromatic heterocycles. The standard InChI is InChI=1S/C33H33F3N4O/c1-22-6-3-4-9-29(22)32-37-30-15-14-28(41-21-27-16-17-39(2)38-27)19-31(30)40(32)20-23-7-5-8-25(18-23)24-10-12-26(13-11-24)33(34,35)36/h5,7-8,10-19,22,29H,3-4,6,9,20-21H2,1-2H3/t22-,29+/m0/s1. The highest BCUT2D eigenvalue weighted by Gasteiger charge is 2.30. The van der Waals surface area contributed by atoms with Crippen LogP contribution in [-0.4, -0.2) is 19.3 Å². The summed E-state index contributed by atoms with van der Waals surface area (Å²) >= 11 is 0. The van der Waals surface area contributed by atoms with Crippen molar-refractivity contribution < 1.29 is 17.9 Å². The first-order chi connectivity index (χ1) is 19.7. The van der Waals surface area contributed by atoms with Crippen LogP contribution in [0, 0.1) is 5.92 Å². The Hall–Kier alpha value is -4.07. The molecule has 0 bridgehead atoms. The molecule has 1 fully saturated rings. The van der Waals surface area contributed by atoms with Gasteiger partial charge in [-0.25, -0.2) is 4.98 Å². The van der Waals surface area contributed by atoms with E-state index >= 15 is 0 Å². The number of imidazole rings is 1. The van der Waals surface area contributed by atoms with Crippen LogP contribution in [0.2, 0.25) is 0 Å². The number of hydrogen-bond donors (Lipinski definition) is 0. The summed E-state index contributed by atoms with van der Waals surface area (Å²) in [5.41, 5.74) is 4.85. The lowest BCUT2D eigenvalue weighted by Gasteiger charge is -2.29. The lowest BCUT2D eigenvalue weighted by molar-refractivity contribution is -0.137. The third-order valence-electron chi connectivity index (χ3n) is 8.16. The van der Waals surface area contributed by atoms with Gasteiger partial charge in [-0.3, -0.25) is 4.68 Å². The van der Waals surface area contributed by atoms with Crippen LogP contribution in [0.4, 0.5) is 13.2 Å². The molecule has 5 nitrogen and oxygen atoms in total. The van der Waals surface area contributed by atoms with Gasteiger partial charge in [-0.05, 0) is 65.4 Å². The molecule has 0 amide bonds. The van der Waals surface area contributed by atoms with Gasteiger partial charge in [0.2, 0.25) is 0 Å². The average Bonchev–Trinajstić information content (AvgIpc) is 3.54. The molecule has 0 radical (unpaired) electrons. The fraction of sp³-hybridized carbons (Fsp3) is 0.333. The van der Waals surface area contributed by atoms with Crippen LogP contribution in [0.3, 0.4) is 0 Å². The molecule has 0 N–H and O–H groups in total. The summed E-state index contributed by atoms with van der Waals surface area (Å²) < 4.78 is 49.4. The molecule has 0 unspecified atom stereocenters. The molecular formula is C33H33F3N4O. The number of rotatable bonds is 7. The van der Waals surface area contributed by atoms with Crippen molar-refractivity contribution in [3.8, 4) is 16.9 Å². The van der Waals surface area contributed by atoms with Crippen molar-refractivity contribution >= 4 is 11.0 Å². The normalized spacial score (nSPS) is 17.7. The summed E-state index contributed by atoms with van der Waals surface area (Å²) in [7, 11) is 1.88. The Morgan fingerprint density at radius 3 is 2.46 bits per heavy atom. The van der Waals surface area contributed by atoms with Crippen molar-refractivity contribution in [3.05, 3.63) is 102 Å². The van der Waals surface area contributed by atoms with Gasteiger partial charge < -0.3 is 9.30 Å². The Balaban J connectivity index is 1.34. The van der Waals surface area contributed by atoms with E-state index in [1.54, 1.807) is 4.68 Å². The van der Waals surface area contributed by atoms with Gasteiger partial charge in [0, 0.05) is 31.8 Å². The van der Waals surface area contributed by atoms with Gasteiger partial charge in [0.25, 0.3) is 0 Å². The number of alkyl halides is 3. The average molecular weight is 559 g/mol. The second-order valence-electron chi connectivity index (χ2n) is 11.1. The Kier molecular flexibility index (Phi) is 7.32. The molecule has 2 atom stereocenters. The molecule has 0 aliphatic heterocycles. The smallest absolute Gasteiger partial charge is 0.416 e. The molecule has 3 aromatic carbocycles. The first-order valence-corrected chi connectivity index (χ1v) is 14.1. The molecule has 212 valence electrons. The van der Waals surface area contributed by atoms with E-state index in [0.29, 0.717) is 25.0 Å². The van der Waals surface area contributed by atoms with Crippen LogP contribution in [-0.2, 0) is 26.4 Å². The van der Waals surface area contributed by atoms with E-state index in [0.717, 1.165) is 63.5 Å². The van der Waals surface area contributed by atoms with E-state index in [2.05, 4.69) is 34.8 Å². The van der Waals surface area contributed by atoms with Gasteiger partial charge >= 0.3 is 6.18 Å². The zero-order valence-corrected chi connectivity index (χ0v) is 23.2. The fourth-order valence-electron chi connectivity index (χ4n) is 5.94. The largest absolute Gasteiger partial charge is 0.487 e. The molecule has 2 heterocycles. The molecule has 41 heavy (non-hydrogen) atoms. The van der Waals surface area contributed by atoms with Gasteiger partial charge in [0.15, 0.2) is 0 Å². The fourth-order valence-corrected chi connectivity index (χ4v) is 5.94. The third-order valence-corrected chi connectivity index (χ3v) is 8.16. The molecule has 6 rings (SSSR count). The highest BCUT2D eigenvalue weighted by atomic mass is 19.4. The monoisotopic (exact) mass is 558 g/mol. The molecule has 8 heteroatoms. The second-order valence-corrected chi connectivity index (χ2v) is 11.1. The quantitative estimate of drug-likeness (QED) is 0.202. The van der Waals surface area contributed by atoms with Crippen molar-refractivity contribution in [2.45, 2.75) is 57.9 Å². The second kappa shape index (κ2) is 11.1. The third kappa shape index (κ3) is 5.87. The zero-order chi connectivity index (χ0) is 28.6. The zero-order valence-electron chi connectivity index (χ0n) is 23.2. The van der Waals surface area contributed by atoms with Crippen molar-refractivity contribution in [1.82, 2.24) is 19.3 Å². The first kappa shape index (κ1) is 27.1. The Morgan fingerprint density at radius 1 is 0.927 bits per heavy atom. The summed E-state index contributed by atoms with van der Waals surface area (Å²) in [6, 6.07) is 21.4. The number of halogens is 3. The molecule has 5 aromatic rings. The summed E-state index contributed by atoms with van der Waals surface area (Å²) in [4.78, 5) is 5.14. The van der Waals surface area contributed by atoms with Crippen LogP contribution in [0.15, 0.2) is 79.0 Å². The summed E-state index contributed by atoms with van der Waals surface area (Å²) in [5.74, 6) is 2.75. The van der Waals surface area contributed by atoms with E-state index in [1.807, 2.05) is 43.6 Å². The lowest BCUT2D eigenvalue weighted by atomic mass is 9.80. The summed E-state index contributed by atoms with van der Waals surface area (Å²) in [6.07, 6.45) is 2.29. The number of benzene rings is 3. The van der Waals surface area contributed by atoms with E-state index < -0.39 is 11.7 Å². The van der Waals surface area contributed by atoms with Gasteiger partial charge in [-0.1, -0.05) is 56.5 Å². The maximum absolute atomic E-state index is 13.1. The highest BCUT2D eigenvalue weighted by Crippen LogP contribution is 2.39. The molecule has 1 saturated carbocycles. The van der Waals surface area contributed by atoms with Crippen LogP contribution in [0.5, 0.6) is 5.75 Å². The van der Waals surface area contributed by atoms with Crippen LogP contribution in [0.1, 0.15) is 61.2 Å². The Bertz CT molecular complexity index is 1650. The molecule has 1 aliphatic carbocycles. The minimum atomic E-state index is -4.35. The summed E-state index contributed by atoms with van der Waals surface area (Å²) in [5, 5.41) is 4.40. The number of fused-ring (bicyclic) bond motifs is 1. The maximum Gasteiger partial charge on any atom is 0.416 e. The van der Waals surface area contributed by atoms with Crippen LogP contribution >= 0.6 is 0 Å². The van der Waals surface area contributed by atoms with E-state index in [1.165, 1.54) is 31.4 Å². The number of nitrogens with zero attached hydrogens (tertiary/aromatic N) is 4. The van der Waals surface area contributed by atoms with Crippen molar-refractivity contribution in [3.63, 3.8) is 0 Å². The van der Waals surface area contributed by atoms with Gasteiger partial charge in [-0.2, -0.15) is 18.3 Å². The molecule has 0 spiro atoms. The number of aryl methyl sites for hydroxylation is 1. The van der Waals surface area contributed by atoms with Gasteiger partial charge in [0.05, 0.1) is 22.3 Å². The van der Waals surface area contributed by atoms with Crippen molar-refractivity contribution in [2.75, 3.05) is 0 Å². The van der Waals surface area contributed by atoms with Crippen LogP contribution < -0.4 is 4.74 Å². The van der Waals surface area contributed by atoms with Crippen molar-refractivity contribution in [1.29, 1.82) is 0 Å². The number of aromatic nitrogens is 4. The minimum Gasteiger partial charge on any atom is -0.487 e. The van der Waals surface area contributed by atoms with Crippen LogP contribution in [0.25, 0.3) is 22.2 Å². The van der Waals surface area contributed by atoms with E-state index in [9.17, 15) is 13.2 Å². The van der Waals surface area contributed by atoms with Crippen molar-refractivity contribution in [2.24, 2.45) is 13.0 Å². The predicted octanol–water partition coefficient (Wildman–Crippen LogP) is 8.38. The Labute approximate surface area is 237 Å². The van der Waals surface area contributed by atoms with E-state index in [-0.39, 0.29) is 0 Å². The number of ether oxygens (including phenoxy) is 1. The van der Waals surface area contributed by atoms with E-state index in [4.69, 9.17) is 9.72 Å². The van der Waals surface area contributed by atoms with Gasteiger partial charge in [0.1, 0.15) is 18.2 Å². The highest BCUT2D eigenvalue weighted by molar-refractivity contribution is 5.78. The Morgan fingerprint density at radius 2 is 1.73 bits per heavy atom. The maximum atomic E-state index is 13.1. The lowest BCUT2D eigenvalue weighted by Crippen LogP contribution is -2.19. The summed E-state index contributed by atoms with van der Waals surface area (Å²) in [6.45, 7) is 3.30. The first-order valence-electron chi connectivity index (χ1n) is 14.1. The molecular weight excluding hydrogens is 525 g/mol. The molecule has 1 aliphatic rings. The predicted molar refractivity (Wildman–Crippen MR) is 154 cm³/mol. The molecule has 0 saturated heterocycles. The SMILES string of the molecule is C[C@H]1CCCC[C@H]1c1nc2ccc(OCc3ccn(C)n3)cc2n1Cc1cccc(-c2ccc(C(F)(F)F)cc2)c1.